The first kappa shape index (κ1) is 9.01. The highest BCUT2D eigenvalue weighted by Gasteiger charge is 2.34. The Hall–Kier alpha value is -0.0800. The van der Waals surface area contributed by atoms with E-state index < -0.39 is 0 Å². The van der Waals surface area contributed by atoms with Crippen molar-refractivity contribution >= 4 is 0 Å². The van der Waals surface area contributed by atoms with Crippen molar-refractivity contribution in [1.29, 1.82) is 0 Å². The average molecular weight is 157 g/mol. The number of hydrogen-bond donors (Lipinski definition) is 2. The van der Waals surface area contributed by atoms with Crippen LogP contribution in [0.1, 0.15) is 39.5 Å². The van der Waals surface area contributed by atoms with Crippen molar-refractivity contribution < 1.29 is 5.11 Å². The molecule has 0 aromatic carbocycles. The quantitative estimate of drug-likeness (QED) is 0.648. The van der Waals surface area contributed by atoms with Gasteiger partial charge in [0.25, 0.3) is 0 Å². The van der Waals surface area contributed by atoms with E-state index in [9.17, 15) is 5.11 Å². The van der Waals surface area contributed by atoms with Crippen LogP contribution in [0.3, 0.4) is 0 Å². The summed E-state index contributed by atoms with van der Waals surface area (Å²) in [5.41, 5.74) is 5.97. The molecule has 0 spiro atoms. The third-order valence-electron chi connectivity index (χ3n) is 2.87. The second-order valence-corrected chi connectivity index (χ2v) is 4.29. The molecule has 2 nitrogen and oxygen atoms in total. The summed E-state index contributed by atoms with van der Waals surface area (Å²) in [6.45, 7) is 4.11. The minimum absolute atomic E-state index is 0.0765. The zero-order valence-electron chi connectivity index (χ0n) is 7.51. The van der Waals surface area contributed by atoms with Crippen molar-refractivity contribution in [2.24, 2.45) is 11.1 Å². The van der Waals surface area contributed by atoms with Gasteiger partial charge in [0, 0.05) is 6.04 Å². The van der Waals surface area contributed by atoms with Crippen LogP contribution >= 0.6 is 0 Å². The largest absolute Gasteiger partial charge is 0.392 e. The minimum atomic E-state index is -0.305. The Kier molecular flexibility index (Phi) is 2.55. The first-order valence-electron chi connectivity index (χ1n) is 4.47. The SMILES string of the molecule is CC(N)C(O)CC1(C)CCC1. The molecule has 0 aromatic heterocycles. The minimum Gasteiger partial charge on any atom is -0.392 e. The molecule has 2 unspecified atom stereocenters. The third kappa shape index (κ3) is 2.17. The van der Waals surface area contributed by atoms with E-state index in [2.05, 4.69) is 6.92 Å². The number of nitrogens with two attached hydrogens (primary N) is 1. The lowest BCUT2D eigenvalue weighted by molar-refractivity contribution is 0.0442. The Morgan fingerprint density at radius 2 is 2.09 bits per heavy atom. The van der Waals surface area contributed by atoms with E-state index in [1.807, 2.05) is 6.92 Å². The van der Waals surface area contributed by atoms with E-state index >= 15 is 0 Å². The molecule has 3 N–H and O–H groups in total. The fourth-order valence-electron chi connectivity index (χ4n) is 1.68. The lowest BCUT2D eigenvalue weighted by Crippen LogP contribution is -2.38. The summed E-state index contributed by atoms with van der Waals surface area (Å²) in [4.78, 5) is 0. The van der Waals surface area contributed by atoms with Crippen LogP contribution in [0, 0.1) is 5.41 Å². The molecule has 1 aliphatic carbocycles. The highest BCUT2D eigenvalue weighted by Crippen LogP contribution is 2.44. The smallest absolute Gasteiger partial charge is 0.0693 e. The van der Waals surface area contributed by atoms with Crippen LogP contribution in [0.4, 0.5) is 0 Å². The lowest BCUT2D eigenvalue weighted by atomic mass is 9.67. The van der Waals surface area contributed by atoms with Crippen molar-refractivity contribution in [1.82, 2.24) is 0 Å². The van der Waals surface area contributed by atoms with E-state index in [0.717, 1.165) is 6.42 Å². The molecule has 0 amide bonds. The van der Waals surface area contributed by atoms with Crippen molar-refractivity contribution in [3.05, 3.63) is 0 Å². The van der Waals surface area contributed by atoms with Crippen LogP contribution in [0.2, 0.25) is 0 Å². The summed E-state index contributed by atoms with van der Waals surface area (Å²) in [7, 11) is 0. The third-order valence-corrected chi connectivity index (χ3v) is 2.87. The van der Waals surface area contributed by atoms with Crippen LogP contribution in [0.5, 0.6) is 0 Å². The standard InChI is InChI=1S/C9H19NO/c1-7(10)8(11)6-9(2)4-3-5-9/h7-8,11H,3-6,10H2,1-2H3. The summed E-state index contributed by atoms with van der Waals surface area (Å²) < 4.78 is 0. The number of aliphatic hydroxyl groups excluding tert-OH is 1. The molecular weight excluding hydrogens is 138 g/mol. The van der Waals surface area contributed by atoms with Gasteiger partial charge in [0.15, 0.2) is 0 Å². The Bertz CT molecular complexity index is 130. The molecule has 1 fully saturated rings. The fourth-order valence-corrected chi connectivity index (χ4v) is 1.68. The normalized spacial score (nSPS) is 27.3. The molecule has 0 bridgehead atoms. The van der Waals surface area contributed by atoms with Crippen molar-refractivity contribution in [2.45, 2.75) is 51.7 Å². The molecule has 0 aliphatic heterocycles. The molecule has 66 valence electrons. The van der Waals surface area contributed by atoms with Gasteiger partial charge in [-0.3, -0.25) is 0 Å². The highest BCUT2D eigenvalue weighted by molar-refractivity contribution is 4.87. The summed E-state index contributed by atoms with van der Waals surface area (Å²) >= 11 is 0. The zero-order chi connectivity index (χ0) is 8.48. The fraction of sp³-hybridized carbons (Fsp3) is 1.00. The first-order chi connectivity index (χ1) is 5.03. The van der Waals surface area contributed by atoms with Gasteiger partial charge in [0.1, 0.15) is 0 Å². The summed E-state index contributed by atoms with van der Waals surface area (Å²) in [6.07, 6.45) is 4.42. The summed E-state index contributed by atoms with van der Waals surface area (Å²) in [5.74, 6) is 0. The molecular formula is C9H19NO. The predicted octanol–water partition coefficient (Wildman–Crippen LogP) is 1.27. The lowest BCUT2D eigenvalue weighted by Gasteiger charge is -2.40. The molecule has 11 heavy (non-hydrogen) atoms. The molecule has 0 heterocycles. The van der Waals surface area contributed by atoms with Crippen molar-refractivity contribution in [2.75, 3.05) is 0 Å². The molecule has 0 aromatic rings. The maximum Gasteiger partial charge on any atom is 0.0693 e. The monoisotopic (exact) mass is 157 g/mol. The van der Waals surface area contributed by atoms with Crippen LogP contribution in [0.15, 0.2) is 0 Å². The van der Waals surface area contributed by atoms with Gasteiger partial charge in [-0.2, -0.15) is 0 Å². The number of rotatable bonds is 3. The zero-order valence-corrected chi connectivity index (χ0v) is 7.51. The van der Waals surface area contributed by atoms with Crippen LogP contribution in [0.25, 0.3) is 0 Å². The summed E-state index contributed by atoms with van der Waals surface area (Å²) in [5, 5.41) is 9.50. The Labute approximate surface area is 68.8 Å². The van der Waals surface area contributed by atoms with Gasteiger partial charge < -0.3 is 10.8 Å². The van der Waals surface area contributed by atoms with Crippen molar-refractivity contribution in [3.8, 4) is 0 Å². The van der Waals surface area contributed by atoms with E-state index in [1.54, 1.807) is 0 Å². The molecule has 0 radical (unpaired) electrons. The van der Waals surface area contributed by atoms with Crippen LogP contribution in [-0.4, -0.2) is 17.3 Å². The van der Waals surface area contributed by atoms with Gasteiger partial charge in [-0.05, 0) is 31.6 Å². The maximum absolute atomic E-state index is 9.50. The number of hydrogen-bond acceptors (Lipinski definition) is 2. The maximum atomic E-state index is 9.50. The Morgan fingerprint density at radius 3 is 2.36 bits per heavy atom. The van der Waals surface area contributed by atoms with E-state index in [4.69, 9.17) is 5.73 Å². The van der Waals surface area contributed by atoms with Gasteiger partial charge in [-0.15, -0.1) is 0 Å². The topological polar surface area (TPSA) is 46.2 Å². The van der Waals surface area contributed by atoms with E-state index in [0.29, 0.717) is 5.41 Å². The predicted molar refractivity (Wildman–Crippen MR) is 46.2 cm³/mol. The van der Waals surface area contributed by atoms with Crippen LogP contribution < -0.4 is 5.73 Å². The van der Waals surface area contributed by atoms with Gasteiger partial charge in [-0.1, -0.05) is 13.3 Å². The van der Waals surface area contributed by atoms with Gasteiger partial charge in [0.05, 0.1) is 6.10 Å². The molecule has 1 saturated carbocycles. The van der Waals surface area contributed by atoms with Gasteiger partial charge in [0.2, 0.25) is 0 Å². The van der Waals surface area contributed by atoms with Crippen molar-refractivity contribution in [3.63, 3.8) is 0 Å². The number of aliphatic hydroxyl groups is 1. The summed E-state index contributed by atoms with van der Waals surface area (Å²) in [6, 6.07) is -0.0765. The Balaban J connectivity index is 2.29. The van der Waals surface area contributed by atoms with Crippen LogP contribution in [-0.2, 0) is 0 Å². The van der Waals surface area contributed by atoms with Gasteiger partial charge >= 0.3 is 0 Å². The van der Waals surface area contributed by atoms with E-state index in [1.165, 1.54) is 19.3 Å². The molecule has 0 saturated heterocycles. The van der Waals surface area contributed by atoms with E-state index in [-0.39, 0.29) is 12.1 Å². The highest BCUT2D eigenvalue weighted by atomic mass is 16.3. The average Bonchev–Trinajstić information content (AvgIpc) is 1.84. The van der Waals surface area contributed by atoms with Gasteiger partial charge in [-0.25, -0.2) is 0 Å². The molecule has 1 aliphatic rings. The second kappa shape index (κ2) is 3.11. The molecule has 2 heteroatoms. The molecule has 2 atom stereocenters. The second-order valence-electron chi connectivity index (χ2n) is 4.29. The Morgan fingerprint density at radius 1 is 1.55 bits per heavy atom. The molecule has 1 rings (SSSR count). The first-order valence-corrected chi connectivity index (χ1v) is 4.47.